The molecule has 5 rings (SSSR count). The number of rotatable bonds is 5. The van der Waals surface area contributed by atoms with Crippen LogP contribution in [0.25, 0.3) is 33.5 Å². The van der Waals surface area contributed by atoms with Gasteiger partial charge in [0.15, 0.2) is 12.4 Å². The number of hydrogen-bond acceptors (Lipinski definition) is 6. The highest BCUT2D eigenvalue weighted by atomic mass is 35.5. The fourth-order valence-corrected chi connectivity index (χ4v) is 3.64. The first-order valence-corrected chi connectivity index (χ1v) is 10.4. The highest BCUT2D eigenvalue weighted by Crippen LogP contribution is 2.27. The molecule has 160 valence electrons. The number of nitrogens with zero attached hydrogens (tertiary/aromatic N) is 4. The van der Waals surface area contributed by atoms with Crippen LogP contribution in [0, 0.1) is 11.3 Å². The molecule has 8 heteroatoms. The van der Waals surface area contributed by atoms with Crippen molar-refractivity contribution in [2.24, 2.45) is 5.10 Å². The Balaban J connectivity index is 1.70. The maximum atomic E-state index is 13.4. The Labute approximate surface area is 192 Å². The van der Waals surface area contributed by atoms with Crippen molar-refractivity contribution in [3.8, 4) is 23.4 Å². The summed E-state index contributed by atoms with van der Waals surface area (Å²) in [7, 11) is 0. The summed E-state index contributed by atoms with van der Waals surface area (Å²) in [5, 5.41) is 15.0. The molecule has 5 aromatic rings. The second kappa shape index (κ2) is 8.61. The van der Waals surface area contributed by atoms with Gasteiger partial charge in [-0.05, 0) is 42.5 Å². The standard InChI is InChI=1S/C25H15ClN4O3/c26-18-9-10-21(32-12-11-27)17(13-18)15-28-30-24(23-14-16-5-1-4-8-22(16)33-23)29-20-7-3-2-6-19(20)25(30)31/h1-10,13-15H,12H2. The van der Waals surface area contributed by atoms with Crippen LogP contribution in [0.2, 0.25) is 5.02 Å². The molecule has 0 atom stereocenters. The number of fused-ring (bicyclic) bond motifs is 2. The average molecular weight is 455 g/mol. The summed E-state index contributed by atoms with van der Waals surface area (Å²) in [6.45, 7) is -0.135. The second-order valence-corrected chi connectivity index (χ2v) is 7.53. The lowest BCUT2D eigenvalue weighted by molar-refractivity contribution is 0.367. The van der Waals surface area contributed by atoms with Crippen LogP contribution in [-0.4, -0.2) is 22.5 Å². The molecule has 0 saturated heterocycles. The molecule has 0 amide bonds. The van der Waals surface area contributed by atoms with Crippen molar-refractivity contribution < 1.29 is 9.15 Å². The lowest BCUT2D eigenvalue weighted by atomic mass is 10.2. The van der Waals surface area contributed by atoms with Crippen LogP contribution in [-0.2, 0) is 0 Å². The molecule has 2 heterocycles. The summed E-state index contributed by atoms with van der Waals surface area (Å²) in [5.41, 5.74) is 1.36. The van der Waals surface area contributed by atoms with Gasteiger partial charge < -0.3 is 9.15 Å². The highest BCUT2D eigenvalue weighted by Gasteiger charge is 2.16. The van der Waals surface area contributed by atoms with E-state index in [0.29, 0.717) is 38.6 Å². The van der Waals surface area contributed by atoms with Crippen molar-refractivity contribution in [3.05, 3.63) is 93.7 Å². The molecule has 0 saturated carbocycles. The number of furan rings is 1. The predicted molar refractivity (Wildman–Crippen MR) is 127 cm³/mol. The Morgan fingerprint density at radius 2 is 1.94 bits per heavy atom. The van der Waals surface area contributed by atoms with Gasteiger partial charge in [-0.15, -0.1) is 0 Å². The molecule has 0 fully saturated rings. The van der Waals surface area contributed by atoms with Crippen molar-refractivity contribution >= 4 is 39.7 Å². The molecule has 33 heavy (non-hydrogen) atoms. The minimum atomic E-state index is -0.353. The number of aromatic nitrogens is 2. The zero-order valence-electron chi connectivity index (χ0n) is 17.1. The molecule has 0 aliphatic carbocycles. The molecular formula is C25H15ClN4O3. The third-order valence-corrected chi connectivity index (χ3v) is 5.21. The third-order valence-electron chi connectivity index (χ3n) is 4.98. The van der Waals surface area contributed by atoms with Gasteiger partial charge in [0, 0.05) is 16.0 Å². The van der Waals surface area contributed by atoms with Crippen LogP contribution in [0.15, 0.2) is 87.1 Å². The van der Waals surface area contributed by atoms with E-state index in [1.807, 2.05) is 42.5 Å². The Morgan fingerprint density at radius 1 is 1.12 bits per heavy atom. The number of para-hydroxylation sites is 2. The van der Waals surface area contributed by atoms with Crippen LogP contribution in [0.1, 0.15) is 5.56 Å². The van der Waals surface area contributed by atoms with Crippen LogP contribution >= 0.6 is 11.6 Å². The van der Waals surface area contributed by atoms with Crippen molar-refractivity contribution in [2.75, 3.05) is 6.61 Å². The van der Waals surface area contributed by atoms with Gasteiger partial charge in [0.1, 0.15) is 17.4 Å². The zero-order valence-corrected chi connectivity index (χ0v) is 17.9. The Morgan fingerprint density at radius 3 is 2.79 bits per heavy atom. The number of ether oxygens (including phenoxy) is 1. The lowest BCUT2D eigenvalue weighted by Gasteiger charge is -2.09. The Kier molecular flexibility index (Phi) is 5.35. The normalized spacial score (nSPS) is 11.3. The number of halogens is 1. The Bertz CT molecular complexity index is 1600. The molecule has 0 aliphatic heterocycles. The molecule has 2 aromatic heterocycles. The third kappa shape index (κ3) is 3.95. The van der Waals surface area contributed by atoms with E-state index in [0.717, 1.165) is 5.39 Å². The lowest BCUT2D eigenvalue weighted by Crippen LogP contribution is -2.20. The van der Waals surface area contributed by atoms with Crippen molar-refractivity contribution in [3.63, 3.8) is 0 Å². The highest BCUT2D eigenvalue weighted by molar-refractivity contribution is 6.30. The smallest absolute Gasteiger partial charge is 0.282 e. The minimum Gasteiger partial charge on any atom is -0.478 e. The van der Waals surface area contributed by atoms with E-state index in [2.05, 4.69) is 10.1 Å². The first kappa shape index (κ1) is 20.5. The van der Waals surface area contributed by atoms with Gasteiger partial charge in [-0.3, -0.25) is 4.79 Å². The molecule has 0 N–H and O–H groups in total. The maximum Gasteiger partial charge on any atom is 0.282 e. The molecule has 3 aromatic carbocycles. The number of hydrogen-bond donors (Lipinski definition) is 0. The van der Waals surface area contributed by atoms with E-state index in [-0.39, 0.29) is 18.0 Å². The van der Waals surface area contributed by atoms with Gasteiger partial charge in [-0.25, -0.2) is 4.98 Å². The predicted octanol–water partition coefficient (Wildman–Crippen LogP) is 5.25. The van der Waals surface area contributed by atoms with Gasteiger partial charge in [0.25, 0.3) is 5.56 Å². The fraction of sp³-hybridized carbons (Fsp3) is 0.0400. The van der Waals surface area contributed by atoms with Gasteiger partial charge >= 0.3 is 0 Å². The zero-order chi connectivity index (χ0) is 22.8. The van der Waals surface area contributed by atoms with E-state index < -0.39 is 0 Å². The summed E-state index contributed by atoms with van der Waals surface area (Å²) in [6, 6.07) is 23.3. The van der Waals surface area contributed by atoms with Crippen molar-refractivity contribution in [1.29, 1.82) is 5.26 Å². The molecule has 0 aliphatic rings. The maximum absolute atomic E-state index is 13.4. The van der Waals surface area contributed by atoms with Gasteiger partial charge in [0.2, 0.25) is 5.82 Å². The second-order valence-electron chi connectivity index (χ2n) is 7.09. The van der Waals surface area contributed by atoms with Crippen LogP contribution < -0.4 is 10.3 Å². The molecule has 0 radical (unpaired) electrons. The topological polar surface area (TPSA) is 93.4 Å². The largest absolute Gasteiger partial charge is 0.478 e. The van der Waals surface area contributed by atoms with Crippen LogP contribution in [0.3, 0.4) is 0 Å². The van der Waals surface area contributed by atoms with Crippen molar-refractivity contribution in [1.82, 2.24) is 9.66 Å². The van der Waals surface area contributed by atoms with Crippen molar-refractivity contribution in [2.45, 2.75) is 0 Å². The van der Waals surface area contributed by atoms with E-state index in [1.165, 1.54) is 10.9 Å². The average Bonchev–Trinajstić information content (AvgIpc) is 3.27. The van der Waals surface area contributed by atoms with E-state index in [1.54, 1.807) is 36.4 Å². The van der Waals surface area contributed by atoms with E-state index >= 15 is 0 Å². The monoisotopic (exact) mass is 454 g/mol. The first-order valence-electron chi connectivity index (χ1n) is 9.98. The van der Waals surface area contributed by atoms with Crippen LogP contribution in [0.4, 0.5) is 0 Å². The number of nitriles is 1. The fourth-order valence-electron chi connectivity index (χ4n) is 3.46. The van der Waals surface area contributed by atoms with Gasteiger partial charge in [-0.1, -0.05) is 41.9 Å². The SMILES string of the molecule is N#CCOc1ccc(Cl)cc1C=Nn1c(-c2cc3ccccc3o2)nc2ccccc2c1=O. The quantitative estimate of drug-likeness (QED) is 0.338. The molecule has 0 spiro atoms. The minimum absolute atomic E-state index is 0.135. The van der Waals surface area contributed by atoms with E-state index in [9.17, 15) is 4.79 Å². The summed E-state index contributed by atoms with van der Waals surface area (Å²) in [4.78, 5) is 18.0. The summed E-state index contributed by atoms with van der Waals surface area (Å²) in [5.74, 6) is 1.08. The number of benzene rings is 3. The Hall–Kier alpha value is -4.41. The van der Waals surface area contributed by atoms with Gasteiger partial charge in [-0.2, -0.15) is 15.0 Å². The van der Waals surface area contributed by atoms with Gasteiger partial charge in [0.05, 0.1) is 17.1 Å². The van der Waals surface area contributed by atoms with Crippen LogP contribution in [0.5, 0.6) is 5.75 Å². The summed E-state index contributed by atoms with van der Waals surface area (Å²) in [6.07, 6.45) is 1.45. The van der Waals surface area contributed by atoms with E-state index in [4.69, 9.17) is 26.0 Å². The first-order chi connectivity index (χ1) is 16.1. The molecule has 0 bridgehead atoms. The molecule has 0 unspecified atom stereocenters. The molecular weight excluding hydrogens is 440 g/mol. The summed E-state index contributed by atoms with van der Waals surface area (Å²) < 4.78 is 12.6. The summed E-state index contributed by atoms with van der Waals surface area (Å²) >= 11 is 6.14. The molecule has 7 nitrogen and oxygen atoms in total.